The number of anilines is 1. The van der Waals surface area contributed by atoms with Crippen molar-refractivity contribution in [2.75, 3.05) is 32.7 Å². The molecule has 0 saturated carbocycles. The Labute approximate surface area is 160 Å². The van der Waals surface area contributed by atoms with E-state index in [-0.39, 0.29) is 0 Å². The van der Waals surface area contributed by atoms with Gasteiger partial charge in [-0.25, -0.2) is 9.38 Å². The SMILES string of the molecule is COCCNc1nc2cc(Cl)ccc2c2nnc(-c3ccccc3OC)n12. The van der Waals surface area contributed by atoms with Crippen molar-refractivity contribution >= 4 is 34.1 Å². The monoisotopic (exact) mass is 383 g/mol. The molecule has 2 heterocycles. The quantitative estimate of drug-likeness (QED) is 0.512. The molecule has 0 aliphatic rings. The van der Waals surface area contributed by atoms with E-state index in [9.17, 15) is 0 Å². The number of methoxy groups -OCH3 is 2. The summed E-state index contributed by atoms with van der Waals surface area (Å²) in [6.07, 6.45) is 0. The zero-order chi connectivity index (χ0) is 18.8. The molecule has 0 fully saturated rings. The molecular weight excluding hydrogens is 366 g/mol. The summed E-state index contributed by atoms with van der Waals surface area (Å²) in [4.78, 5) is 4.74. The molecule has 0 saturated heterocycles. The van der Waals surface area contributed by atoms with Crippen molar-refractivity contribution < 1.29 is 9.47 Å². The van der Waals surface area contributed by atoms with Gasteiger partial charge in [-0.2, -0.15) is 0 Å². The molecule has 2 aromatic carbocycles. The minimum Gasteiger partial charge on any atom is -0.496 e. The van der Waals surface area contributed by atoms with Crippen LogP contribution in [0.2, 0.25) is 5.02 Å². The van der Waals surface area contributed by atoms with Gasteiger partial charge in [0.05, 0.1) is 24.8 Å². The Morgan fingerprint density at radius 1 is 1.11 bits per heavy atom. The molecular formula is C19H18ClN5O2. The molecule has 27 heavy (non-hydrogen) atoms. The van der Waals surface area contributed by atoms with E-state index in [1.165, 1.54) is 0 Å². The lowest BCUT2D eigenvalue weighted by atomic mass is 10.2. The van der Waals surface area contributed by atoms with E-state index in [4.69, 9.17) is 26.1 Å². The number of rotatable bonds is 6. The minimum atomic E-state index is 0.545. The highest BCUT2D eigenvalue weighted by atomic mass is 35.5. The van der Waals surface area contributed by atoms with Gasteiger partial charge in [0.25, 0.3) is 0 Å². The van der Waals surface area contributed by atoms with Crippen molar-refractivity contribution in [1.29, 1.82) is 0 Å². The summed E-state index contributed by atoms with van der Waals surface area (Å²) in [6.45, 7) is 1.14. The number of aromatic nitrogens is 4. The molecule has 0 atom stereocenters. The molecule has 0 aliphatic carbocycles. The fourth-order valence-electron chi connectivity index (χ4n) is 3.00. The number of hydrogen-bond donors (Lipinski definition) is 1. The third-order valence-electron chi connectivity index (χ3n) is 4.24. The number of ether oxygens (including phenoxy) is 2. The van der Waals surface area contributed by atoms with E-state index in [0.717, 1.165) is 16.5 Å². The van der Waals surface area contributed by atoms with Crippen molar-refractivity contribution in [3.05, 3.63) is 47.5 Å². The van der Waals surface area contributed by atoms with Crippen molar-refractivity contribution in [3.8, 4) is 17.1 Å². The third kappa shape index (κ3) is 3.15. The molecule has 4 aromatic rings. The first kappa shape index (κ1) is 17.5. The fourth-order valence-corrected chi connectivity index (χ4v) is 3.16. The number of fused-ring (bicyclic) bond motifs is 3. The molecule has 7 nitrogen and oxygen atoms in total. The van der Waals surface area contributed by atoms with Crippen molar-refractivity contribution in [2.45, 2.75) is 0 Å². The van der Waals surface area contributed by atoms with Crippen LogP contribution in [-0.4, -0.2) is 47.0 Å². The summed E-state index contributed by atoms with van der Waals surface area (Å²) in [5.41, 5.74) is 2.27. The molecule has 1 N–H and O–H groups in total. The summed E-state index contributed by atoms with van der Waals surface area (Å²) in [6, 6.07) is 13.2. The van der Waals surface area contributed by atoms with Gasteiger partial charge in [-0.3, -0.25) is 0 Å². The zero-order valence-corrected chi connectivity index (χ0v) is 15.7. The molecule has 0 aliphatic heterocycles. The third-order valence-corrected chi connectivity index (χ3v) is 4.47. The lowest BCUT2D eigenvalue weighted by Crippen LogP contribution is -2.13. The molecule has 4 rings (SSSR count). The van der Waals surface area contributed by atoms with Crippen LogP contribution in [0.15, 0.2) is 42.5 Å². The first-order valence-electron chi connectivity index (χ1n) is 8.43. The predicted octanol–water partition coefficient (Wildman–Crippen LogP) is 3.66. The lowest BCUT2D eigenvalue weighted by molar-refractivity contribution is 0.210. The fraction of sp³-hybridized carbons (Fsp3) is 0.211. The van der Waals surface area contributed by atoms with Crippen LogP contribution in [0.25, 0.3) is 27.9 Å². The van der Waals surface area contributed by atoms with Gasteiger partial charge in [0.15, 0.2) is 11.5 Å². The molecule has 0 spiro atoms. The van der Waals surface area contributed by atoms with Crippen LogP contribution in [0, 0.1) is 0 Å². The van der Waals surface area contributed by atoms with Crippen LogP contribution >= 0.6 is 11.6 Å². The largest absolute Gasteiger partial charge is 0.496 e. The summed E-state index contributed by atoms with van der Waals surface area (Å²) in [5, 5.41) is 13.6. The maximum atomic E-state index is 6.15. The van der Waals surface area contributed by atoms with E-state index >= 15 is 0 Å². The Morgan fingerprint density at radius 3 is 2.78 bits per heavy atom. The standard InChI is InChI=1S/C19H18ClN5O2/c1-26-10-9-21-19-22-15-11-12(20)7-8-13(15)17-23-24-18(25(17)19)14-5-3-4-6-16(14)27-2/h3-8,11H,9-10H2,1-2H3,(H,21,22). The maximum Gasteiger partial charge on any atom is 0.211 e. The second kappa shape index (κ2) is 7.38. The highest BCUT2D eigenvalue weighted by molar-refractivity contribution is 6.31. The van der Waals surface area contributed by atoms with E-state index in [1.807, 2.05) is 46.9 Å². The van der Waals surface area contributed by atoms with Crippen LogP contribution in [-0.2, 0) is 4.74 Å². The van der Waals surface area contributed by atoms with Crippen LogP contribution in [0.4, 0.5) is 5.95 Å². The second-order valence-electron chi connectivity index (χ2n) is 5.90. The lowest BCUT2D eigenvalue weighted by Gasteiger charge is -2.12. The van der Waals surface area contributed by atoms with Crippen LogP contribution in [0.5, 0.6) is 5.75 Å². The topological polar surface area (TPSA) is 73.6 Å². The van der Waals surface area contributed by atoms with Gasteiger partial charge < -0.3 is 14.8 Å². The van der Waals surface area contributed by atoms with Crippen LogP contribution in [0.3, 0.4) is 0 Å². The summed E-state index contributed by atoms with van der Waals surface area (Å²) < 4.78 is 12.5. The van der Waals surface area contributed by atoms with Gasteiger partial charge in [0, 0.05) is 24.1 Å². The predicted molar refractivity (Wildman–Crippen MR) is 106 cm³/mol. The number of para-hydroxylation sites is 1. The van der Waals surface area contributed by atoms with Crippen molar-refractivity contribution in [2.24, 2.45) is 0 Å². The van der Waals surface area contributed by atoms with Gasteiger partial charge >= 0.3 is 0 Å². The van der Waals surface area contributed by atoms with E-state index in [1.54, 1.807) is 14.2 Å². The molecule has 138 valence electrons. The Bertz CT molecular complexity index is 1110. The van der Waals surface area contributed by atoms with E-state index < -0.39 is 0 Å². The average molecular weight is 384 g/mol. The Morgan fingerprint density at radius 2 is 1.96 bits per heavy atom. The van der Waals surface area contributed by atoms with Gasteiger partial charge in [0.1, 0.15) is 5.75 Å². The van der Waals surface area contributed by atoms with Crippen LogP contribution in [0.1, 0.15) is 0 Å². The molecule has 2 aromatic heterocycles. The molecule has 0 amide bonds. The van der Waals surface area contributed by atoms with Gasteiger partial charge in [-0.1, -0.05) is 23.7 Å². The highest BCUT2D eigenvalue weighted by Crippen LogP contribution is 2.32. The maximum absolute atomic E-state index is 6.15. The number of benzene rings is 2. The number of nitrogens with one attached hydrogen (secondary N) is 1. The number of hydrogen-bond acceptors (Lipinski definition) is 6. The smallest absolute Gasteiger partial charge is 0.211 e. The minimum absolute atomic E-state index is 0.545. The normalized spacial score (nSPS) is 11.2. The Kier molecular flexibility index (Phi) is 4.79. The second-order valence-corrected chi connectivity index (χ2v) is 6.34. The Balaban J connectivity index is 1.99. The Hall–Kier alpha value is -2.90. The summed E-state index contributed by atoms with van der Waals surface area (Å²) in [5.74, 6) is 1.97. The van der Waals surface area contributed by atoms with E-state index in [0.29, 0.717) is 41.3 Å². The number of nitrogens with zero attached hydrogens (tertiary/aromatic N) is 4. The van der Waals surface area contributed by atoms with E-state index in [2.05, 4.69) is 15.5 Å². The van der Waals surface area contributed by atoms with Crippen molar-refractivity contribution in [3.63, 3.8) is 0 Å². The first-order valence-corrected chi connectivity index (χ1v) is 8.81. The molecule has 8 heteroatoms. The van der Waals surface area contributed by atoms with Gasteiger partial charge in [-0.15, -0.1) is 10.2 Å². The van der Waals surface area contributed by atoms with Crippen molar-refractivity contribution in [1.82, 2.24) is 19.6 Å². The summed E-state index contributed by atoms with van der Waals surface area (Å²) in [7, 11) is 3.29. The first-order chi connectivity index (χ1) is 13.2. The van der Waals surface area contributed by atoms with Gasteiger partial charge in [-0.05, 0) is 30.3 Å². The van der Waals surface area contributed by atoms with Crippen LogP contribution < -0.4 is 10.1 Å². The molecule has 0 bridgehead atoms. The zero-order valence-electron chi connectivity index (χ0n) is 14.9. The number of halogens is 1. The average Bonchev–Trinajstić information content (AvgIpc) is 3.13. The highest BCUT2D eigenvalue weighted by Gasteiger charge is 2.18. The van der Waals surface area contributed by atoms with Gasteiger partial charge in [0.2, 0.25) is 5.95 Å². The summed E-state index contributed by atoms with van der Waals surface area (Å²) >= 11 is 6.15. The molecule has 0 radical (unpaired) electrons. The molecule has 0 unspecified atom stereocenters.